The summed E-state index contributed by atoms with van der Waals surface area (Å²) in [7, 11) is 5.97. The summed E-state index contributed by atoms with van der Waals surface area (Å²) in [5.74, 6) is -1.63. The zero-order chi connectivity index (χ0) is 35.7. The van der Waals surface area contributed by atoms with Crippen molar-refractivity contribution in [2.24, 2.45) is 5.92 Å². The molecule has 0 aliphatic carbocycles. The van der Waals surface area contributed by atoms with Gasteiger partial charge in [0.15, 0.2) is 5.72 Å². The van der Waals surface area contributed by atoms with E-state index < -0.39 is 65.7 Å². The molecule has 0 radical (unpaired) electrons. The number of amides is 3. The number of alkyl carbamates (subject to hydrolysis) is 1. The fourth-order valence-electron chi connectivity index (χ4n) is 6.27. The monoisotopic (exact) mass is 691 g/mol. The van der Waals surface area contributed by atoms with Crippen LogP contribution in [-0.2, 0) is 39.8 Å². The second-order valence-corrected chi connectivity index (χ2v) is 13.4. The van der Waals surface area contributed by atoms with Crippen molar-refractivity contribution in [2.45, 2.75) is 95.7 Å². The Morgan fingerprint density at radius 3 is 2.56 bits per heavy atom. The van der Waals surface area contributed by atoms with Crippen molar-refractivity contribution in [1.29, 1.82) is 0 Å². The van der Waals surface area contributed by atoms with Gasteiger partial charge in [-0.2, -0.15) is 0 Å². The zero-order valence-electron chi connectivity index (χ0n) is 28.9. The summed E-state index contributed by atoms with van der Waals surface area (Å²) in [5, 5.41) is 14.4. The Balaban J connectivity index is 1.80. The molecule has 48 heavy (non-hydrogen) atoms. The first-order valence-corrected chi connectivity index (χ1v) is 16.2. The largest absolute Gasteiger partial charge is 0.495 e. The zero-order valence-corrected chi connectivity index (χ0v) is 29.6. The first-order chi connectivity index (χ1) is 22.4. The third-order valence-corrected chi connectivity index (χ3v) is 10.0. The molecular formula is C34H46ClN3O10. The SMILES string of the molecule is COc1cc2cc(c1Cl)N(C)C(=O)C[C@H](OC(=O)C(C)N(C)C(C)=O)[C@]1(C)OC1[C@H](C)[C@@H]1C[C@@](O)(NC(=O)O1)[C@H](OC)/C=C/C=C(\C)C2. The number of allylic oxidation sites excluding steroid dienone is 3. The summed E-state index contributed by atoms with van der Waals surface area (Å²) < 4.78 is 28.9. The molecule has 0 spiro atoms. The van der Waals surface area contributed by atoms with Crippen LogP contribution >= 0.6 is 11.6 Å². The van der Waals surface area contributed by atoms with Crippen LogP contribution in [0.2, 0.25) is 5.02 Å². The number of esters is 1. The van der Waals surface area contributed by atoms with Gasteiger partial charge >= 0.3 is 12.1 Å². The van der Waals surface area contributed by atoms with Crippen molar-refractivity contribution < 1.29 is 48.0 Å². The molecule has 4 rings (SSSR count). The van der Waals surface area contributed by atoms with Gasteiger partial charge in [-0.05, 0) is 44.9 Å². The Kier molecular flexibility index (Phi) is 11.2. The molecule has 14 heteroatoms. The fraction of sp³-hybridized carbons (Fsp3) is 0.588. The lowest BCUT2D eigenvalue weighted by Gasteiger charge is -2.42. The average Bonchev–Trinajstić information content (AvgIpc) is 3.73. The van der Waals surface area contributed by atoms with E-state index in [-0.39, 0.29) is 23.8 Å². The number of halogens is 1. The Morgan fingerprint density at radius 2 is 1.94 bits per heavy atom. The minimum Gasteiger partial charge on any atom is -0.495 e. The molecule has 4 bridgehead atoms. The molecule has 0 saturated carbocycles. The van der Waals surface area contributed by atoms with E-state index in [1.807, 2.05) is 13.0 Å². The smallest absolute Gasteiger partial charge is 0.409 e. The number of carbonyl (C=O) groups excluding carboxylic acids is 4. The third-order valence-electron chi connectivity index (χ3n) is 9.63. The van der Waals surface area contributed by atoms with Crippen LogP contribution < -0.4 is 15.0 Å². The quantitative estimate of drug-likeness (QED) is 0.346. The lowest BCUT2D eigenvalue weighted by atomic mass is 9.83. The van der Waals surface area contributed by atoms with Crippen LogP contribution in [-0.4, -0.2) is 104 Å². The maximum atomic E-state index is 14.0. The number of benzene rings is 1. The van der Waals surface area contributed by atoms with Gasteiger partial charge in [0.2, 0.25) is 11.8 Å². The number of rotatable bonds is 5. The maximum absolute atomic E-state index is 14.0. The number of nitrogens with zero attached hydrogens (tertiary/aromatic N) is 2. The molecule has 8 atom stereocenters. The van der Waals surface area contributed by atoms with Crippen LogP contribution in [0.5, 0.6) is 5.75 Å². The number of hydrogen-bond acceptors (Lipinski definition) is 10. The van der Waals surface area contributed by atoms with E-state index in [4.69, 9.17) is 35.3 Å². The van der Waals surface area contributed by atoms with E-state index >= 15 is 0 Å². The number of aliphatic hydroxyl groups is 1. The van der Waals surface area contributed by atoms with Gasteiger partial charge in [0.1, 0.15) is 40.7 Å². The highest BCUT2D eigenvalue weighted by Gasteiger charge is 2.64. The minimum absolute atomic E-state index is 0.0436. The molecule has 3 heterocycles. The number of methoxy groups -OCH3 is 2. The van der Waals surface area contributed by atoms with Crippen molar-refractivity contribution in [3.05, 3.63) is 46.5 Å². The van der Waals surface area contributed by atoms with Gasteiger partial charge in [-0.1, -0.05) is 42.3 Å². The molecule has 2 fully saturated rings. The van der Waals surface area contributed by atoms with Crippen LogP contribution in [0, 0.1) is 5.92 Å². The van der Waals surface area contributed by atoms with E-state index in [0.29, 0.717) is 17.9 Å². The van der Waals surface area contributed by atoms with Gasteiger partial charge in [0, 0.05) is 40.5 Å². The number of anilines is 1. The summed E-state index contributed by atoms with van der Waals surface area (Å²) in [6.45, 7) is 8.29. The van der Waals surface area contributed by atoms with Crippen molar-refractivity contribution in [1.82, 2.24) is 10.2 Å². The van der Waals surface area contributed by atoms with Crippen LogP contribution in [0.1, 0.15) is 53.0 Å². The molecule has 264 valence electrons. The number of hydrogen-bond donors (Lipinski definition) is 2. The molecule has 1 aromatic carbocycles. The number of epoxide rings is 1. The summed E-state index contributed by atoms with van der Waals surface area (Å²) >= 11 is 6.71. The van der Waals surface area contributed by atoms with Gasteiger partial charge in [-0.25, -0.2) is 9.59 Å². The molecule has 2 saturated heterocycles. The van der Waals surface area contributed by atoms with E-state index in [9.17, 15) is 24.3 Å². The number of fused-ring (bicyclic) bond motifs is 5. The lowest BCUT2D eigenvalue weighted by Crippen LogP contribution is -2.63. The molecule has 2 unspecified atom stereocenters. The average molecular weight is 692 g/mol. The highest BCUT2D eigenvalue weighted by molar-refractivity contribution is 6.35. The van der Waals surface area contributed by atoms with Gasteiger partial charge in [0.25, 0.3) is 0 Å². The molecule has 3 aliphatic heterocycles. The molecule has 3 amide bonds. The van der Waals surface area contributed by atoms with E-state index in [1.54, 1.807) is 45.2 Å². The van der Waals surface area contributed by atoms with E-state index in [1.165, 1.54) is 44.9 Å². The summed E-state index contributed by atoms with van der Waals surface area (Å²) in [6, 6.07) is 2.63. The number of likely N-dealkylation sites (N-methyl/N-ethyl adjacent to an activating group) is 1. The van der Waals surface area contributed by atoms with Crippen LogP contribution in [0.3, 0.4) is 0 Å². The van der Waals surface area contributed by atoms with Crippen molar-refractivity contribution >= 4 is 41.2 Å². The second kappa shape index (κ2) is 14.5. The van der Waals surface area contributed by atoms with Gasteiger partial charge in [-0.15, -0.1) is 0 Å². The number of carbonyl (C=O) groups is 4. The van der Waals surface area contributed by atoms with Crippen molar-refractivity contribution in [3.63, 3.8) is 0 Å². The summed E-state index contributed by atoms with van der Waals surface area (Å²) in [6.07, 6.45) is 1.02. The number of ether oxygens (including phenoxy) is 5. The predicted molar refractivity (Wildman–Crippen MR) is 177 cm³/mol. The van der Waals surface area contributed by atoms with Crippen molar-refractivity contribution in [2.75, 3.05) is 33.2 Å². The Morgan fingerprint density at radius 1 is 1.25 bits per heavy atom. The molecular weight excluding hydrogens is 646 g/mol. The van der Waals surface area contributed by atoms with Gasteiger partial charge in [0.05, 0.1) is 25.3 Å². The fourth-order valence-corrected chi connectivity index (χ4v) is 6.59. The van der Waals surface area contributed by atoms with Crippen molar-refractivity contribution in [3.8, 4) is 5.75 Å². The Labute approximate surface area is 286 Å². The molecule has 1 aromatic rings. The van der Waals surface area contributed by atoms with Crippen LogP contribution in [0.25, 0.3) is 0 Å². The lowest BCUT2D eigenvalue weighted by molar-refractivity contribution is -0.161. The summed E-state index contributed by atoms with van der Waals surface area (Å²) in [5.41, 5.74) is -0.871. The standard InChI is InChI=1S/C34H46ClN3O10/c1-18-11-10-12-26(45-9)34(43)17-25(46-32(42)36-34)19(2)30-33(5,48-30)27(47-31(41)20(3)37(6)21(4)39)16-28(40)38(7)23-14-22(13-18)15-24(44-8)29(23)35/h10-12,14-15,19-20,25-27,30,43H,13,16-17H2,1-9H3,(H,36,42)/b12-10+,18-11+/t19-,20?,25+,26-,27+,30?,33+,34+/m1/s1. The van der Waals surface area contributed by atoms with Crippen LogP contribution in [0.15, 0.2) is 35.9 Å². The van der Waals surface area contributed by atoms with E-state index in [0.717, 1.165) is 11.1 Å². The predicted octanol–water partition coefficient (Wildman–Crippen LogP) is 3.53. The normalized spacial score (nSPS) is 33.2. The van der Waals surface area contributed by atoms with E-state index in [2.05, 4.69) is 5.32 Å². The first kappa shape index (κ1) is 37.2. The highest BCUT2D eigenvalue weighted by Crippen LogP contribution is 2.49. The van der Waals surface area contributed by atoms with Gasteiger partial charge in [-0.3, -0.25) is 14.9 Å². The molecule has 0 aromatic heterocycles. The Bertz CT molecular complexity index is 1500. The van der Waals surface area contributed by atoms with Gasteiger partial charge < -0.3 is 38.6 Å². The minimum atomic E-state index is -1.81. The first-order valence-electron chi connectivity index (χ1n) is 15.8. The maximum Gasteiger partial charge on any atom is 0.409 e. The Hall–Kier alpha value is -3.65. The molecule has 3 aliphatic rings. The number of nitrogens with one attached hydrogen (secondary N) is 1. The third kappa shape index (κ3) is 7.64. The highest BCUT2D eigenvalue weighted by atomic mass is 35.5. The molecule has 13 nitrogen and oxygen atoms in total. The van der Waals surface area contributed by atoms with Crippen LogP contribution in [0.4, 0.5) is 10.5 Å². The summed E-state index contributed by atoms with van der Waals surface area (Å²) in [4.78, 5) is 54.7. The topological polar surface area (TPSA) is 156 Å². The second-order valence-electron chi connectivity index (χ2n) is 13.0. The molecule has 2 N–H and O–H groups in total.